The first-order valence-corrected chi connectivity index (χ1v) is 15.6. The first kappa shape index (κ1) is 30.8. The maximum atomic E-state index is 13.9. The summed E-state index contributed by atoms with van der Waals surface area (Å²) in [6.07, 6.45) is 2.21. The normalized spacial score (nSPS) is 12.1. The van der Waals surface area contributed by atoms with Crippen LogP contribution in [-0.2, 0) is 26.2 Å². The Hall–Kier alpha value is -2.72. The van der Waals surface area contributed by atoms with Crippen LogP contribution in [0.25, 0.3) is 0 Å². The molecule has 1 N–H and O–H groups in total. The van der Waals surface area contributed by atoms with Crippen molar-refractivity contribution in [1.29, 1.82) is 0 Å². The fraction of sp³-hybridized carbons (Fsp3) is 0.286. The molecule has 0 fully saturated rings. The van der Waals surface area contributed by atoms with Crippen molar-refractivity contribution in [3.63, 3.8) is 0 Å². The van der Waals surface area contributed by atoms with E-state index >= 15 is 0 Å². The molecule has 0 aliphatic heterocycles. The number of thioether (sulfide) groups is 1. The zero-order valence-corrected chi connectivity index (χ0v) is 25.3. The van der Waals surface area contributed by atoms with Crippen LogP contribution < -0.4 is 9.62 Å². The van der Waals surface area contributed by atoms with Crippen LogP contribution in [0.5, 0.6) is 0 Å². The van der Waals surface area contributed by atoms with E-state index in [1.165, 1.54) is 35.8 Å². The second kappa shape index (κ2) is 13.6. The molecule has 2 amide bonds. The van der Waals surface area contributed by atoms with E-state index in [1.807, 2.05) is 13.2 Å². The Morgan fingerprint density at radius 1 is 1.00 bits per heavy atom. The first-order chi connectivity index (χ1) is 18.5. The van der Waals surface area contributed by atoms with Crippen molar-refractivity contribution in [2.45, 2.75) is 42.6 Å². The standard InChI is InChI=1S/C28H31Cl2N3O4S2/c1-5-26(28(35)31-3)32(17-20-8-9-21(29)16-25(20)30)27(34)18-33(22-10-6-19(2)7-11-22)39(36,37)24-14-12-23(38-4)13-15-24/h6-16,26H,5,17-18H2,1-4H3,(H,31,35)/t26-/m1/s1. The Morgan fingerprint density at radius 2 is 1.64 bits per heavy atom. The molecular weight excluding hydrogens is 577 g/mol. The maximum absolute atomic E-state index is 13.9. The lowest BCUT2D eigenvalue weighted by molar-refractivity contribution is -0.140. The van der Waals surface area contributed by atoms with Crippen LogP contribution in [-0.4, -0.2) is 51.0 Å². The number of aryl methyl sites for hydroxylation is 1. The van der Waals surface area contributed by atoms with E-state index in [0.717, 1.165) is 14.8 Å². The Bertz CT molecular complexity index is 1420. The van der Waals surface area contributed by atoms with Crippen LogP contribution in [0, 0.1) is 6.92 Å². The number of amides is 2. The van der Waals surface area contributed by atoms with E-state index in [2.05, 4.69) is 5.32 Å². The van der Waals surface area contributed by atoms with Crippen LogP contribution >= 0.6 is 35.0 Å². The molecule has 11 heteroatoms. The van der Waals surface area contributed by atoms with E-state index in [0.29, 0.717) is 27.7 Å². The number of hydrogen-bond donors (Lipinski definition) is 1. The Kier molecular flexibility index (Phi) is 10.7. The third kappa shape index (κ3) is 7.48. The van der Waals surface area contributed by atoms with Gasteiger partial charge in [-0.1, -0.05) is 53.9 Å². The van der Waals surface area contributed by atoms with Crippen LogP contribution in [0.3, 0.4) is 0 Å². The lowest BCUT2D eigenvalue weighted by Crippen LogP contribution is -2.51. The van der Waals surface area contributed by atoms with Gasteiger partial charge >= 0.3 is 0 Å². The highest BCUT2D eigenvalue weighted by Gasteiger charge is 2.33. The number of carbonyl (C=O) groups is 2. The Labute approximate surface area is 244 Å². The molecule has 0 aromatic heterocycles. The number of carbonyl (C=O) groups excluding carboxylic acids is 2. The number of sulfonamides is 1. The van der Waals surface area contributed by atoms with Gasteiger partial charge in [0, 0.05) is 28.5 Å². The minimum atomic E-state index is -4.13. The Morgan fingerprint density at radius 3 is 2.18 bits per heavy atom. The highest BCUT2D eigenvalue weighted by molar-refractivity contribution is 7.98. The summed E-state index contributed by atoms with van der Waals surface area (Å²) in [5, 5.41) is 3.37. The molecule has 1 atom stereocenters. The third-order valence-corrected chi connectivity index (χ3v) is 9.35. The molecule has 0 unspecified atom stereocenters. The summed E-state index contributed by atoms with van der Waals surface area (Å²) in [5.41, 5.74) is 1.85. The van der Waals surface area contributed by atoms with Gasteiger partial charge in [0.1, 0.15) is 12.6 Å². The highest BCUT2D eigenvalue weighted by atomic mass is 35.5. The fourth-order valence-electron chi connectivity index (χ4n) is 4.03. The zero-order chi connectivity index (χ0) is 28.7. The smallest absolute Gasteiger partial charge is 0.264 e. The number of halogens is 2. The molecule has 0 radical (unpaired) electrons. The summed E-state index contributed by atoms with van der Waals surface area (Å²) in [4.78, 5) is 29.1. The number of nitrogens with one attached hydrogen (secondary N) is 1. The van der Waals surface area contributed by atoms with E-state index in [9.17, 15) is 18.0 Å². The summed E-state index contributed by atoms with van der Waals surface area (Å²) in [6, 6.07) is 17.4. The van der Waals surface area contributed by atoms with E-state index in [-0.39, 0.29) is 17.3 Å². The van der Waals surface area contributed by atoms with E-state index in [4.69, 9.17) is 23.2 Å². The lowest BCUT2D eigenvalue weighted by atomic mass is 10.1. The zero-order valence-electron chi connectivity index (χ0n) is 22.1. The second-order valence-corrected chi connectivity index (χ2v) is 12.4. The van der Waals surface area contributed by atoms with Gasteiger partial charge in [-0.15, -0.1) is 11.8 Å². The summed E-state index contributed by atoms with van der Waals surface area (Å²) in [7, 11) is -2.64. The second-order valence-electron chi connectivity index (χ2n) is 8.82. The van der Waals surface area contributed by atoms with Gasteiger partial charge in [-0.25, -0.2) is 8.42 Å². The number of benzene rings is 3. The average Bonchev–Trinajstić information content (AvgIpc) is 2.93. The van der Waals surface area contributed by atoms with E-state index < -0.39 is 28.5 Å². The topological polar surface area (TPSA) is 86.8 Å². The van der Waals surface area contributed by atoms with Crippen molar-refractivity contribution in [3.05, 3.63) is 87.9 Å². The summed E-state index contributed by atoms with van der Waals surface area (Å²) in [5.74, 6) is -0.922. The van der Waals surface area contributed by atoms with Crippen LogP contribution in [0.2, 0.25) is 10.0 Å². The van der Waals surface area contributed by atoms with Gasteiger partial charge in [-0.05, 0) is 73.7 Å². The van der Waals surface area contributed by atoms with Gasteiger partial charge in [0.25, 0.3) is 10.0 Å². The van der Waals surface area contributed by atoms with Gasteiger partial charge in [-0.2, -0.15) is 0 Å². The van der Waals surface area contributed by atoms with Crippen LogP contribution in [0.15, 0.2) is 76.5 Å². The van der Waals surface area contributed by atoms with Gasteiger partial charge in [0.05, 0.1) is 10.6 Å². The highest BCUT2D eigenvalue weighted by Crippen LogP contribution is 2.28. The maximum Gasteiger partial charge on any atom is 0.264 e. The molecule has 0 bridgehead atoms. The molecule has 0 heterocycles. The van der Waals surface area contributed by atoms with Crippen molar-refractivity contribution in [3.8, 4) is 0 Å². The number of nitrogens with zero attached hydrogens (tertiary/aromatic N) is 2. The van der Waals surface area contributed by atoms with Crippen molar-refractivity contribution in [2.75, 3.05) is 24.2 Å². The van der Waals surface area contributed by atoms with Gasteiger partial charge < -0.3 is 10.2 Å². The lowest BCUT2D eigenvalue weighted by Gasteiger charge is -2.33. The Balaban J connectivity index is 2.07. The number of rotatable bonds is 11. The van der Waals surface area contributed by atoms with Gasteiger partial charge in [0.15, 0.2) is 0 Å². The average molecular weight is 609 g/mol. The number of hydrogen-bond acceptors (Lipinski definition) is 5. The van der Waals surface area contributed by atoms with Gasteiger partial charge in [0.2, 0.25) is 11.8 Å². The summed E-state index contributed by atoms with van der Waals surface area (Å²) < 4.78 is 28.9. The van der Waals surface area contributed by atoms with Crippen molar-refractivity contribution in [1.82, 2.24) is 10.2 Å². The molecule has 3 rings (SSSR count). The molecule has 0 saturated heterocycles. The van der Waals surface area contributed by atoms with Crippen LogP contribution in [0.1, 0.15) is 24.5 Å². The molecule has 3 aromatic carbocycles. The predicted molar refractivity (Wildman–Crippen MR) is 159 cm³/mol. The fourth-order valence-corrected chi connectivity index (χ4v) is 6.32. The summed E-state index contributed by atoms with van der Waals surface area (Å²) >= 11 is 13.9. The number of anilines is 1. The molecule has 0 aliphatic carbocycles. The molecule has 7 nitrogen and oxygen atoms in total. The largest absolute Gasteiger partial charge is 0.357 e. The molecule has 3 aromatic rings. The van der Waals surface area contributed by atoms with E-state index in [1.54, 1.807) is 61.5 Å². The number of likely N-dealkylation sites (N-methyl/N-ethyl adjacent to an activating group) is 1. The van der Waals surface area contributed by atoms with Gasteiger partial charge in [-0.3, -0.25) is 13.9 Å². The first-order valence-electron chi connectivity index (χ1n) is 12.2. The van der Waals surface area contributed by atoms with Crippen molar-refractivity contribution >= 4 is 62.5 Å². The molecule has 0 saturated carbocycles. The molecule has 39 heavy (non-hydrogen) atoms. The van der Waals surface area contributed by atoms with Crippen molar-refractivity contribution < 1.29 is 18.0 Å². The van der Waals surface area contributed by atoms with Crippen LogP contribution in [0.4, 0.5) is 5.69 Å². The molecule has 0 aliphatic rings. The quantitative estimate of drug-likeness (QED) is 0.279. The SMILES string of the molecule is CC[C@H](C(=O)NC)N(Cc1ccc(Cl)cc1Cl)C(=O)CN(c1ccc(C)cc1)S(=O)(=O)c1ccc(SC)cc1. The third-order valence-electron chi connectivity index (χ3n) is 6.24. The molecular formula is C28H31Cl2N3O4S2. The van der Waals surface area contributed by atoms with Crippen molar-refractivity contribution in [2.24, 2.45) is 0 Å². The minimum absolute atomic E-state index is 0.00896. The predicted octanol–water partition coefficient (Wildman–Crippen LogP) is 5.77. The minimum Gasteiger partial charge on any atom is -0.357 e. The monoisotopic (exact) mass is 607 g/mol. The molecule has 208 valence electrons. The summed E-state index contributed by atoms with van der Waals surface area (Å²) in [6.45, 7) is 3.15. The molecule has 0 spiro atoms.